The van der Waals surface area contributed by atoms with Crippen molar-refractivity contribution in [1.82, 2.24) is 54.3 Å². The van der Waals surface area contributed by atoms with Crippen LogP contribution in [0.3, 0.4) is 0 Å². The van der Waals surface area contributed by atoms with Crippen molar-refractivity contribution in [2.75, 3.05) is 67.3 Å². The second-order valence-electron chi connectivity index (χ2n) is 20.4. The van der Waals surface area contributed by atoms with Gasteiger partial charge in [-0.05, 0) is 175 Å². The maximum Gasteiger partial charge on any atom is 0.253 e. The fraction of sp³-hybridized carbons (Fsp3) is 0.300. The largest absolute Gasteiger partial charge is 0.383 e. The summed E-state index contributed by atoms with van der Waals surface area (Å²) in [6.45, 7) is 10.0. The van der Waals surface area contributed by atoms with Gasteiger partial charge in [-0.1, -0.05) is 6.07 Å². The summed E-state index contributed by atoms with van der Waals surface area (Å²) in [5, 5.41) is 17.0. The van der Waals surface area contributed by atoms with Gasteiger partial charge in [-0.25, -0.2) is 23.7 Å². The first kappa shape index (κ1) is 55.9. The van der Waals surface area contributed by atoms with Gasteiger partial charge in [0.2, 0.25) is 11.9 Å². The van der Waals surface area contributed by atoms with Crippen LogP contribution in [0.25, 0.3) is 0 Å². The molecule has 2 aliphatic rings. The van der Waals surface area contributed by atoms with Crippen molar-refractivity contribution in [2.45, 2.75) is 71.6 Å². The molecule has 414 valence electrons. The number of nitrogens with zero attached hydrogens (tertiary/aromatic N) is 11. The van der Waals surface area contributed by atoms with Gasteiger partial charge in [0.05, 0.1) is 6.20 Å². The highest BCUT2D eigenvalue weighted by atomic mass is 19.1. The first-order valence-corrected chi connectivity index (χ1v) is 26.7. The number of nitrogens with one attached hydrogen (secondary N) is 4. The molecule has 10 rings (SSSR count). The zero-order chi connectivity index (χ0) is 56.3. The summed E-state index contributed by atoms with van der Waals surface area (Å²) in [6.07, 6.45) is 10.6. The molecule has 0 atom stereocenters. The summed E-state index contributed by atoms with van der Waals surface area (Å²) in [7, 11) is 6.21. The van der Waals surface area contributed by atoms with Crippen LogP contribution < -0.4 is 27.0 Å². The molecule has 0 spiro atoms. The second-order valence-corrected chi connectivity index (χ2v) is 20.4. The minimum atomic E-state index is -0.252. The number of rotatable bonds is 16. The van der Waals surface area contributed by atoms with Crippen LogP contribution in [0.4, 0.5) is 60.9 Å². The highest BCUT2D eigenvalue weighted by Crippen LogP contribution is 2.26. The molecule has 2 saturated heterocycles. The molecule has 4 aromatic carbocycles. The Kier molecular flexibility index (Phi) is 18.0. The molecule has 0 aliphatic carbocycles. The quantitative estimate of drug-likeness (QED) is 0.0611. The average Bonchev–Trinajstić information content (AvgIpc) is 3.79. The summed E-state index contributed by atoms with van der Waals surface area (Å²) in [6, 6.07) is 32.5. The van der Waals surface area contributed by atoms with Gasteiger partial charge < -0.3 is 36.8 Å². The Labute approximate surface area is 465 Å². The predicted molar refractivity (Wildman–Crippen MR) is 310 cm³/mol. The standard InChI is InChI=1S/C30H35FN8O.C30H33FN8O/c1-20-17-25(9-10-27(20)31)34-28-11-14-32-30(36-28)35-24-7-5-22(6-8-24)29(40)39-15-12-26(13-16-39)37(3)19-23-18-33-38(4)21(23)2;1-20-18-24(9-10-26(20)31)35-27-11-15-34-30(37-27)36-23-7-5-21(6-8-23)29(40)39-16-12-25(13-17-39)38(2)19-22-4-3-14-33-28(22)32/h5-11,14,17-18,26H,12-13,15-16,19H2,1-4H3,(H2,32,34,35,36);3-11,14-15,18,25H,12-13,16-17,19H2,1-2H3,(H2,32,33)(H2,34,35,36,37). The highest BCUT2D eigenvalue weighted by molar-refractivity contribution is 5.95. The van der Waals surface area contributed by atoms with Crippen molar-refractivity contribution in [2.24, 2.45) is 7.05 Å². The lowest BCUT2D eigenvalue weighted by molar-refractivity contribution is 0.0633. The van der Waals surface area contributed by atoms with Crippen molar-refractivity contribution >= 4 is 63.9 Å². The van der Waals surface area contributed by atoms with E-state index in [-0.39, 0.29) is 23.4 Å². The number of hydrogen-bond donors (Lipinski definition) is 5. The SMILES string of the molecule is Cc1cc(Nc2ccnc(Nc3ccc(C(=O)N4CCC(N(C)Cc5cccnc5N)CC4)cc3)n2)ccc1F.Cc1cc(Nc2ccnc(Nc3ccc(C(=O)N4CCC(N(C)Cc5cnn(C)c5C)CC4)cc3)n2)ccc1F. The summed E-state index contributed by atoms with van der Waals surface area (Å²) in [4.78, 5) is 56.6. The van der Waals surface area contributed by atoms with Crippen LogP contribution in [0.15, 0.2) is 134 Å². The normalized spacial score (nSPS) is 13.9. The lowest BCUT2D eigenvalue weighted by Crippen LogP contribution is -2.45. The Morgan fingerprint density at radius 1 is 0.575 bits per heavy atom. The Hall–Kier alpha value is -8.88. The molecule has 2 fully saturated rings. The van der Waals surface area contributed by atoms with E-state index in [2.05, 4.69) is 82.1 Å². The van der Waals surface area contributed by atoms with Crippen LogP contribution in [-0.4, -0.2) is 118 Å². The maximum absolute atomic E-state index is 13.6. The zero-order valence-electron chi connectivity index (χ0n) is 46.0. The second kappa shape index (κ2) is 25.7. The Morgan fingerprint density at radius 2 is 1.01 bits per heavy atom. The van der Waals surface area contributed by atoms with E-state index in [9.17, 15) is 18.4 Å². The number of benzene rings is 4. The third kappa shape index (κ3) is 14.4. The number of piperidine rings is 2. The van der Waals surface area contributed by atoms with E-state index >= 15 is 0 Å². The smallest absolute Gasteiger partial charge is 0.253 e. The molecular formula is C60H68F2N16O2. The van der Waals surface area contributed by atoms with Crippen LogP contribution >= 0.6 is 0 Å². The molecule has 6 heterocycles. The molecule has 0 saturated carbocycles. The number of likely N-dealkylation sites (tertiary alicyclic amines) is 2. The van der Waals surface area contributed by atoms with Crippen LogP contribution in [-0.2, 0) is 20.1 Å². The molecule has 2 aliphatic heterocycles. The van der Waals surface area contributed by atoms with Crippen molar-refractivity contribution in [1.29, 1.82) is 0 Å². The summed E-state index contributed by atoms with van der Waals surface area (Å²) in [5.41, 5.74) is 14.9. The number of hydrogen-bond acceptors (Lipinski definition) is 15. The number of carbonyl (C=O) groups excluding carboxylic acids is 2. The van der Waals surface area contributed by atoms with E-state index < -0.39 is 0 Å². The number of aryl methyl sites for hydroxylation is 3. The fourth-order valence-electron chi connectivity index (χ4n) is 9.83. The topological polar surface area (TPSA) is 204 Å². The van der Waals surface area contributed by atoms with Crippen molar-refractivity contribution < 1.29 is 18.4 Å². The Morgan fingerprint density at radius 3 is 1.43 bits per heavy atom. The number of aromatic nitrogens is 7. The number of carbonyl (C=O) groups is 2. The van der Waals surface area contributed by atoms with E-state index in [1.165, 1.54) is 23.4 Å². The molecule has 0 unspecified atom stereocenters. The molecule has 8 aromatic rings. The first-order chi connectivity index (χ1) is 38.6. The van der Waals surface area contributed by atoms with Crippen LogP contribution in [0, 0.1) is 32.4 Å². The van der Waals surface area contributed by atoms with Gasteiger partial charge in [0.25, 0.3) is 11.8 Å². The molecule has 6 N–H and O–H groups in total. The fourth-order valence-corrected chi connectivity index (χ4v) is 9.83. The van der Waals surface area contributed by atoms with E-state index in [1.54, 1.807) is 68.8 Å². The number of nitrogen functional groups attached to an aromatic ring is 1. The number of halogens is 2. The summed E-state index contributed by atoms with van der Waals surface area (Å²) < 4.78 is 29.0. The van der Waals surface area contributed by atoms with E-state index in [1.807, 2.05) is 88.4 Å². The van der Waals surface area contributed by atoms with Crippen molar-refractivity contribution in [3.8, 4) is 0 Å². The summed E-state index contributed by atoms with van der Waals surface area (Å²) >= 11 is 0. The van der Waals surface area contributed by atoms with E-state index in [0.29, 0.717) is 76.8 Å². The lowest BCUT2D eigenvalue weighted by atomic mass is 10.0. The van der Waals surface area contributed by atoms with Crippen LogP contribution in [0.1, 0.15) is 74.3 Å². The van der Waals surface area contributed by atoms with Crippen LogP contribution in [0.2, 0.25) is 0 Å². The minimum Gasteiger partial charge on any atom is -0.383 e. The first-order valence-electron chi connectivity index (χ1n) is 26.7. The van der Waals surface area contributed by atoms with E-state index in [4.69, 9.17) is 5.73 Å². The molecule has 4 aromatic heterocycles. The molecule has 80 heavy (non-hydrogen) atoms. The molecule has 18 nitrogen and oxygen atoms in total. The number of nitrogens with two attached hydrogens (primary N) is 1. The van der Waals surface area contributed by atoms with Gasteiger partial charge in [-0.2, -0.15) is 15.1 Å². The van der Waals surface area contributed by atoms with Gasteiger partial charge in [-0.15, -0.1) is 0 Å². The Balaban J connectivity index is 0.000000194. The van der Waals surface area contributed by atoms with Gasteiger partial charge in [0.15, 0.2) is 0 Å². The minimum absolute atomic E-state index is 0.0289. The Bertz CT molecular complexity index is 3400. The number of anilines is 9. The molecule has 0 bridgehead atoms. The van der Waals surface area contributed by atoms with Gasteiger partial charge in [0, 0.05) is 128 Å². The van der Waals surface area contributed by atoms with Gasteiger partial charge >= 0.3 is 0 Å². The molecule has 0 radical (unpaired) electrons. The monoisotopic (exact) mass is 1080 g/mol. The molecule has 20 heteroatoms. The molecule has 2 amide bonds. The average molecular weight is 1080 g/mol. The zero-order valence-corrected chi connectivity index (χ0v) is 46.0. The third-order valence-electron chi connectivity index (χ3n) is 14.8. The van der Waals surface area contributed by atoms with Crippen molar-refractivity contribution in [3.05, 3.63) is 185 Å². The maximum atomic E-state index is 13.6. The van der Waals surface area contributed by atoms with Crippen molar-refractivity contribution in [3.63, 3.8) is 0 Å². The number of pyridine rings is 1. The van der Waals surface area contributed by atoms with Gasteiger partial charge in [0.1, 0.15) is 29.1 Å². The highest BCUT2D eigenvalue weighted by Gasteiger charge is 2.28. The lowest BCUT2D eigenvalue weighted by Gasteiger charge is -2.37. The van der Waals surface area contributed by atoms with E-state index in [0.717, 1.165) is 80.2 Å². The number of amides is 2. The molecular weight excluding hydrogens is 1010 g/mol. The van der Waals surface area contributed by atoms with Crippen LogP contribution in [0.5, 0.6) is 0 Å². The third-order valence-corrected chi connectivity index (χ3v) is 14.8. The predicted octanol–water partition coefficient (Wildman–Crippen LogP) is 10.3. The van der Waals surface area contributed by atoms with Gasteiger partial charge in [-0.3, -0.25) is 24.1 Å². The summed E-state index contributed by atoms with van der Waals surface area (Å²) in [5.74, 6) is 2.12.